The van der Waals surface area contributed by atoms with Gasteiger partial charge in [-0.1, -0.05) is 23.3 Å². The van der Waals surface area contributed by atoms with Crippen LogP contribution in [0.2, 0.25) is 0 Å². The Morgan fingerprint density at radius 1 is 1.40 bits per heavy atom. The maximum absolute atomic E-state index is 12.6. The van der Waals surface area contributed by atoms with Crippen molar-refractivity contribution in [3.8, 4) is 0 Å². The first-order chi connectivity index (χ1) is 16.6. The molecule has 1 unspecified atom stereocenters. The Labute approximate surface area is 209 Å². The van der Waals surface area contributed by atoms with Crippen LogP contribution in [0, 0.1) is 0 Å². The van der Waals surface area contributed by atoms with Crippen LogP contribution in [0.4, 0.5) is 6.01 Å². The quantitative estimate of drug-likeness (QED) is 0.424. The number of nitrogens with zero attached hydrogens (tertiary/aromatic N) is 4. The molecular weight excluding hydrogens is 470 g/mol. The highest BCUT2D eigenvalue weighted by Crippen LogP contribution is 2.32. The largest absolute Gasteiger partial charge is 0.432 e. The van der Waals surface area contributed by atoms with Gasteiger partial charge in [-0.3, -0.25) is 9.48 Å². The zero-order valence-corrected chi connectivity index (χ0v) is 21.0. The minimum absolute atomic E-state index is 0.0396. The molecule has 1 aliphatic carbocycles. The van der Waals surface area contributed by atoms with Crippen molar-refractivity contribution in [2.24, 2.45) is 0 Å². The number of oxazole rings is 1. The van der Waals surface area contributed by atoms with Crippen molar-refractivity contribution in [3.63, 3.8) is 0 Å². The molecule has 1 saturated heterocycles. The standard InChI is InChI=1S/C24H32ClN7O3/c1-15-4-5-19(25)20(30-24(2,34)21-14-35-23(26)29-21)10-18(15)16-11-27-32(12-16)13-22(33)28-17-6-8-31(3)9-7-17/h5,10-12,14,17,30,34H,4,6-9,13H2,1-3H3,(H2,26,29)(H,28,33). The predicted molar refractivity (Wildman–Crippen MR) is 134 cm³/mol. The third-order valence-electron chi connectivity index (χ3n) is 6.33. The van der Waals surface area contributed by atoms with Crippen LogP contribution in [0.1, 0.15) is 44.4 Å². The Hall–Kier alpha value is -3.08. The van der Waals surface area contributed by atoms with Gasteiger partial charge in [0.15, 0.2) is 5.72 Å². The molecule has 0 saturated carbocycles. The number of hydrogen-bond acceptors (Lipinski definition) is 8. The van der Waals surface area contributed by atoms with E-state index in [-0.39, 0.29) is 30.2 Å². The number of nitrogens with one attached hydrogen (secondary N) is 2. The maximum Gasteiger partial charge on any atom is 0.292 e. The number of hydrogen-bond donors (Lipinski definition) is 4. The number of likely N-dealkylation sites (tertiary alicyclic amines) is 1. The van der Waals surface area contributed by atoms with E-state index in [1.807, 2.05) is 25.3 Å². The second kappa shape index (κ2) is 10.3. The summed E-state index contributed by atoms with van der Waals surface area (Å²) in [5.74, 6) is -0.0497. The highest BCUT2D eigenvalue weighted by Gasteiger charge is 2.29. The molecule has 2 aromatic heterocycles. The molecule has 0 bridgehead atoms. The van der Waals surface area contributed by atoms with Crippen molar-refractivity contribution in [2.75, 3.05) is 25.9 Å². The summed E-state index contributed by atoms with van der Waals surface area (Å²) in [5.41, 5.74) is 7.55. The predicted octanol–water partition coefficient (Wildman–Crippen LogP) is 2.30. The van der Waals surface area contributed by atoms with Crippen molar-refractivity contribution in [1.82, 2.24) is 30.3 Å². The monoisotopic (exact) mass is 501 g/mol. The molecule has 2 aliphatic rings. The summed E-state index contributed by atoms with van der Waals surface area (Å²) in [6.45, 7) is 5.67. The second-order valence-electron chi connectivity index (χ2n) is 9.35. The van der Waals surface area contributed by atoms with Crippen LogP contribution in [0.25, 0.3) is 5.57 Å². The zero-order valence-electron chi connectivity index (χ0n) is 20.2. The van der Waals surface area contributed by atoms with Crippen LogP contribution in [0.3, 0.4) is 0 Å². The van der Waals surface area contributed by atoms with Gasteiger partial charge in [-0.2, -0.15) is 10.1 Å². The summed E-state index contributed by atoms with van der Waals surface area (Å²) in [7, 11) is 2.09. The van der Waals surface area contributed by atoms with Gasteiger partial charge in [0.05, 0.1) is 16.9 Å². The molecule has 188 valence electrons. The fraction of sp³-hybridized carbons (Fsp3) is 0.458. The molecule has 3 heterocycles. The Morgan fingerprint density at radius 2 is 2.14 bits per heavy atom. The molecule has 1 atom stereocenters. The van der Waals surface area contributed by atoms with Crippen molar-refractivity contribution in [3.05, 3.63) is 58.4 Å². The fourth-order valence-electron chi connectivity index (χ4n) is 4.22. The van der Waals surface area contributed by atoms with Crippen molar-refractivity contribution in [2.45, 2.75) is 51.4 Å². The van der Waals surface area contributed by atoms with Gasteiger partial charge < -0.3 is 30.8 Å². The number of allylic oxidation sites excluding steroid dienone is 5. The van der Waals surface area contributed by atoms with Gasteiger partial charge in [0.25, 0.3) is 6.01 Å². The van der Waals surface area contributed by atoms with Gasteiger partial charge in [0.2, 0.25) is 5.91 Å². The molecule has 10 nitrogen and oxygen atoms in total. The molecule has 0 radical (unpaired) electrons. The Balaban J connectivity index is 1.48. The van der Waals surface area contributed by atoms with Crippen molar-refractivity contribution < 1.29 is 14.3 Å². The van der Waals surface area contributed by atoms with Gasteiger partial charge in [-0.05, 0) is 64.9 Å². The van der Waals surface area contributed by atoms with Crippen LogP contribution in [-0.2, 0) is 17.1 Å². The number of nitrogens with two attached hydrogens (primary N) is 1. The molecule has 0 aromatic carbocycles. The Bertz CT molecular complexity index is 1170. The first-order valence-electron chi connectivity index (χ1n) is 11.6. The van der Waals surface area contributed by atoms with Gasteiger partial charge in [-0.25, -0.2) is 0 Å². The number of piperidine rings is 1. The van der Waals surface area contributed by atoms with E-state index in [4.69, 9.17) is 21.8 Å². The first-order valence-corrected chi connectivity index (χ1v) is 12.0. The summed E-state index contributed by atoms with van der Waals surface area (Å²) in [6, 6.07) is 0.167. The number of carbonyl (C=O) groups is 1. The lowest BCUT2D eigenvalue weighted by Crippen LogP contribution is -2.44. The molecule has 5 N–H and O–H groups in total. The van der Waals surface area contributed by atoms with Crippen LogP contribution >= 0.6 is 11.6 Å². The lowest BCUT2D eigenvalue weighted by molar-refractivity contribution is -0.122. The van der Waals surface area contributed by atoms with Gasteiger partial charge in [0, 0.05) is 17.8 Å². The number of nitrogen functional groups attached to an aromatic ring is 1. The van der Waals surface area contributed by atoms with E-state index in [2.05, 4.69) is 32.7 Å². The first kappa shape index (κ1) is 25.0. The van der Waals surface area contributed by atoms with E-state index in [9.17, 15) is 9.90 Å². The molecule has 1 amide bonds. The van der Waals surface area contributed by atoms with Crippen LogP contribution in [-0.4, -0.2) is 56.9 Å². The van der Waals surface area contributed by atoms with E-state index >= 15 is 0 Å². The van der Waals surface area contributed by atoms with Crippen molar-refractivity contribution >= 4 is 29.1 Å². The Morgan fingerprint density at radius 3 is 2.83 bits per heavy atom. The minimum atomic E-state index is -1.57. The number of carbonyl (C=O) groups excluding carboxylic acids is 1. The van der Waals surface area contributed by atoms with Crippen LogP contribution in [0.15, 0.2) is 51.5 Å². The zero-order chi connectivity index (χ0) is 25.2. The average Bonchev–Trinajstić information content (AvgIpc) is 3.42. The summed E-state index contributed by atoms with van der Waals surface area (Å²) >= 11 is 6.53. The molecule has 4 rings (SSSR count). The van der Waals surface area contributed by atoms with E-state index < -0.39 is 5.72 Å². The molecule has 11 heteroatoms. The normalized spacial score (nSPS) is 19.6. The number of amides is 1. The third-order valence-corrected chi connectivity index (χ3v) is 6.68. The topological polar surface area (TPSA) is 134 Å². The molecule has 1 fully saturated rings. The van der Waals surface area contributed by atoms with E-state index in [1.54, 1.807) is 10.9 Å². The molecule has 35 heavy (non-hydrogen) atoms. The molecule has 1 aliphatic heterocycles. The summed E-state index contributed by atoms with van der Waals surface area (Å²) in [5, 5.41) is 21.9. The maximum atomic E-state index is 12.6. The van der Waals surface area contributed by atoms with Crippen LogP contribution in [0.5, 0.6) is 0 Å². The second-order valence-corrected chi connectivity index (χ2v) is 9.76. The number of halogens is 1. The lowest BCUT2D eigenvalue weighted by Gasteiger charge is -2.29. The summed E-state index contributed by atoms with van der Waals surface area (Å²) < 4.78 is 6.66. The SMILES string of the molecule is CC1=C(c2cnn(CC(=O)NC3CCN(C)CC3)c2)C=C(NC(C)(O)c2coc(N)n2)C(Cl)=CC1. The minimum Gasteiger partial charge on any atom is -0.432 e. The smallest absolute Gasteiger partial charge is 0.292 e. The molecule has 2 aromatic rings. The summed E-state index contributed by atoms with van der Waals surface area (Å²) in [4.78, 5) is 18.8. The van der Waals surface area contributed by atoms with E-state index in [1.165, 1.54) is 13.2 Å². The number of anilines is 1. The fourth-order valence-corrected chi connectivity index (χ4v) is 4.40. The number of rotatable bonds is 7. The van der Waals surface area contributed by atoms with Gasteiger partial charge in [-0.15, -0.1) is 0 Å². The Kier molecular flexibility index (Phi) is 7.34. The highest BCUT2D eigenvalue weighted by molar-refractivity contribution is 6.32. The van der Waals surface area contributed by atoms with E-state index in [0.29, 0.717) is 17.2 Å². The van der Waals surface area contributed by atoms with Crippen LogP contribution < -0.4 is 16.4 Å². The van der Waals surface area contributed by atoms with E-state index in [0.717, 1.165) is 42.6 Å². The number of aromatic nitrogens is 3. The molecular formula is C24H32ClN7O3. The highest BCUT2D eigenvalue weighted by atomic mass is 35.5. The van der Waals surface area contributed by atoms with Gasteiger partial charge in [0.1, 0.15) is 18.5 Å². The van der Waals surface area contributed by atoms with Gasteiger partial charge >= 0.3 is 0 Å². The average molecular weight is 502 g/mol. The summed E-state index contributed by atoms with van der Waals surface area (Å²) in [6.07, 6.45) is 11.1. The molecule has 0 spiro atoms. The third kappa shape index (κ3) is 6.14. The van der Waals surface area contributed by atoms with Crippen molar-refractivity contribution in [1.29, 1.82) is 0 Å². The number of aliphatic hydroxyl groups is 1. The lowest BCUT2D eigenvalue weighted by atomic mass is 10.0.